The van der Waals surface area contributed by atoms with Gasteiger partial charge in [-0.3, -0.25) is 0 Å². The molecule has 4 rings (SSSR count). The summed E-state index contributed by atoms with van der Waals surface area (Å²) in [7, 11) is 0. The van der Waals surface area contributed by atoms with Crippen LogP contribution in [-0.4, -0.2) is 17.0 Å². The van der Waals surface area contributed by atoms with Gasteiger partial charge in [0.2, 0.25) is 5.89 Å². The first-order valence-corrected chi connectivity index (χ1v) is 8.39. The van der Waals surface area contributed by atoms with Gasteiger partial charge < -0.3 is 20.1 Å². The molecule has 0 aliphatic heterocycles. The number of benzene rings is 3. The third-order valence-electron chi connectivity index (χ3n) is 3.66. The Bertz CT molecular complexity index is 1060. The van der Waals surface area contributed by atoms with Crippen LogP contribution in [0.25, 0.3) is 33.3 Å². The normalized spacial score (nSPS) is 10.8. The zero-order chi connectivity index (χ0) is 18.7. The van der Waals surface area contributed by atoms with Crippen molar-refractivity contribution in [1.82, 2.24) is 4.98 Å². The van der Waals surface area contributed by atoms with Crippen LogP contribution in [-0.2, 0) is 0 Å². The van der Waals surface area contributed by atoms with Crippen LogP contribution in [0.5, 0.6) is 0 Å². The number of rotatable bonds is 2. The Labute approximate surface area is 151 Å². The molecule has 0 spiro atoms. The highest BCUT2D eigenvalue weighted by Gasteiger charge is 2.14. The molecule has 0 aliphatic rings. The van der Waals surface area contributed by atoms with Crippen LogP contribution < -0.4 is 10.8 Å². The number of oxazole rings is 1. The van der Waals surface area contributed by atoms with Crippen molar-refractivity contribution in [2.75, 3.05) is 0 Å². The molecule has 0 saturated heterocycles. The van der Waals surface area contributed by atoms with Crippen LogP contribution in [0.1, 0.15) is 24.2 Å². The molecule has 4 aromatic rings. The van der Waals surface area contributed by atoms with Gasteiger partial charge in [0.05, 0.1) is 12.0 Å². The molecule has 26 heavy (non-hydrogen) atoms. The lowest BCUT2D eigenvalue weighted by atomic mass is 10.1. The second-order valence-corrected chi connectivity index (χ2v) is 6.38. The Hall–Kier alpha value is -3.18. The molecule has 0 atom stereocenters. The highest BCUT2D eigenvalue weighted by molar-refractivity contribution is 6.04. The minimum Gasteiger partial charge on any atom is -0.545 e. The standard InChI is InChI=1S/C18H11NO3.C3H9N/c20-18(21)14-8-4-3-7-13(14)17-19-16-12-6-2-1-5-11(12)9-10-15(16)22-17;1-3(2)4/h1-10H,(H,20,21);3H,4H2,1-2H3. The van der Waals surface area contributed by atoms with Crippen molar-refractivity contribution >= 4 is 27.8 Å². The average Bonchev–Trinajstić information content (AvgIpc) is 3.06. The lowest BCUT2D eigenvalue weighted by Crippen LogP contribution is -2.57. The van der Waals surface area contributed by atoms with Gasteiger partial charge in [0.15, 0.2) is 5.58 Å². The van der Waals surface area contributed by atoms with Gasteiger partial charge in [-0.25, -0.2) is 4.98 Å². The van der Waals surface area contributed by atoms with Gasteiger partial charge in [-0.2, -0.15) is 0 Å². The number of carboxylic acids is 1. The number of fused-ring (bicyclic) bond motifs is 3. The molecule has 0 radical (unpaired) electrons. The van der Waals surface area contributed by atoms with Gasteiger partial charge >= 0.3 is 0 Å². The van der Waals surface area contributed by atoms with Gasteiger partial charge in [0, 0.05) is 16.5 Å². The Morgan fingerprint density at radius 1 is 1.04 bits per heavy atom. The van der Waals surface area contributed by atoms with E-state index in [-0.39, 0.29) is 11.5 Å². The summed E-state index contributed by atoms with van der Waals surface area (Å²) in [5.74, 6) is -0.964. The summed E-state index contributed by atoms with van der Waals surface area (Å²) in [6.45, 7) is 4.11. The fraction of sp³-hybridized carbons (Fsp3) is 0.143. The monoisotopic (exact) mass is 348 g/mol. The molecular weight excluding hydrogens is 328 g/mol. The van der Waals surface area contributed by atoms with Crippen LogP contribution in [0.4, 0.5) is 0 Å². The van der Waals surface area contributed by atoms with Crippen LogP contribution in [0, 0.1) is 0 Å². The number of aromatic nitrogens is 1. The minimum absolute atomic E-state index is 0.0679. The topological polar surface area (TPSA) is 93.8 Å². The molecule has 5 heteroatoms. The fourth-order valence-corrected chi connectivity index (χ4v) is 2.62. The summed E-state index contributed by atoms with van der Waals surface area (Å²) in [4.78, 5) is 15.7. The maximum absolute atomic E-state index is 11.2. The highest BCUT2D eigenvalue weighted by atomic mass is 16.4. The van der Waals surface area contributed by atoms with E-state index in [1.807, 2.05) is 36.4 Å². The predicted octanol–water partition coefficient (Wildman–Crippen LogP) is 2.65. The van der Waals surface area contributed by atoms with Crippen molar-refractivity contribution in [2.24, 2.45) is 0 Å². The van der Waals surface area contributed by atoms with E-state index in [1.54, 1.807) is 18.2 Å². The molecular formula is C21H20N2O3. The van der Waals surface area contributed by atoms with E-state index in [4.69, 9.17) is 4.42 Å². The van der Waals surface area contributed by atoms with Crippen LogP contribution in [0.15, 0.2) is 65.1 Å². The summed E-state index contributed by atoms with van der Waals surface area (Å²) in [5, 5.41) is 13.3. The second-order valence-electron chi connectivity index (χ2n) is 6.38. The van der Waals surface area contributed by atoms with Crippen molar-refractivity contribution in [3.8, 4) is 11.5 Å². The van der Waals surface area contributed by atoms with E-state index in [0.717, 1.165) is 16.3 Å². The van der Waals surface area contributed by atoms with Crippen molar-refractivity contribution in [2.45, 2.75) is 19.9 Å². The van der Waals surface area contributed by atoms with Crippen LogP contribution >= 0.6 is 0 Å². The van der Waals surface area contributed by atoms with Crippen molar-refractivity contribution in [3.05, 3.63) is 66.2 Å². The average molecular weight is 348 g/mol. The molecule has 0 unspecified atom stereocenters. The van der Waals surface area contributed by atoms with Gasteiger partial charge in [0.25, 0.3) is 0 Å². The summed E-state index contributed by atoms with van der Waals surface area (Å²) in [5.41, 5.74) is 5.48. The Kier molecular flexibility index (Phi) is 5.00. The SMILES string of the molecule is CC(C)[NH3+].O=C([O-])c1ccccc1-c1nc2c(ccc3ccccc32)o1. The van der Waals surface area contributed by atoms with Crippen LogP contribution in [0.3, 0.4) is 0 Å². The Balaban J connectivity index is 0.000000447. The van der Waals surface area contributed by atoms with Crippen molar-refractivity contribution in [3.63, 3.8) is 0 Å². The van der Waals surface area contributed by atoms with E-state index < -0.39 is 5.97 Å². The molecule has 0 bridgehead atoms. The fourth-order valence-electron chi connectivity index (χ4n) is 2.62. The summed E-state index contributed by atoms with van der Waals surface area (Å²) >= 11 is 0. The van der Waals surface area contributed by atoms with Gasteiger partial charge in [0.1, 0.15) is 5.52 Å². The molecule has 1 heterocycles. The molecule has 1 aromatic heterocycles. The minimum atomic E-state index is -1.25. The third kappa shape index (κ3) is 3.58. The zero-order valence-electron chi connectivity index (χ0n) is 14.7. The third-order valence-corrected chi connectivity index (χ3v) is 3.66. The number of aromatic carboxylic acids is 1. The first-order valence-electron chi connectivity index (χ1n) is 8.39. The molecule has 0 amide bonds. The van der Waals surface area contributed by atoms with Gasteiger partial charge in [-0.1, -0.05) is 48.5 Å². The van der Waals surface area contributed by atoms with E-state index in [9.17, 15) is 9.90 Å². The first-order chi connectivity index (χ1) is 12.5. The summed E-state index contributed by atoms with van der Waals surface area (Å²) in [6, 6.07) is 18.8. The first kappa shape index (κ1) is 17.6. The molecule has 3 N–H and O–H groups in total. The number of quaternary nitrogens is 1. The van der Waals surface area contributed by atoms with Gasteiger partial charge in [-0.15, -0.1) is 0 Å². The van der Waals surface area contributed by atoms with Gasteiger partial charge in [-0.05, 0) is 31.4 Å². The Morgan fingerprint density at radius 2 is 1.69 bits per heavy atom. The quantitative estimate of drug-likeness (QED) is 0.602. The molecule has 132 valence electrons. The number of nitrogens with zero attached hydrogens (tertiary/aromatic N) is 1. The van der Waals surface area contributed by atoms with E-state index in [1.165, 1.54) is 6.07 Å². The second kappa shape index (κ2) is 7.37. The molecule has 5 nitrogen and oxygen atoms in total. The molecule has 0 aliphatic carbocycles. The number of carbonyl (C=O) groups excluding carboxylic acids is 1. The number of hydrogen-bond donors (Lipinski definition) is 1. The number of carbonyl (C=O) groups is 1. The number of hydrogen-bond acceptors (Lipinski definition) is 4. The largest absolute Gasteiger partial charge is 0.545 e. The smallest absolute Gasteiger partial charge is 0.228 e. The zero-order valence-corrected chi connectivity index (χ0v) is 14.7. The predicted molar refractivity (Wildman–Crippen MR) is 99.3 cm³/mol. The van der Waals surface area contributed by atoms with Crippen molar-refractivity contribution < 1.29 is 20.1 Å². The maximum atomic E-state index is 11.2. The van der Waals surface area contributed by atoms with Crippen LogP contribution in [0.2, 0.25) is 0 Å². The van der Waals surface area contributed by atoms with E-state index >= 15 is 0 Å². The Morgan fingerprint density at radius 3 is 2.42 bits per heavy atom. The lowest BCUT2D eigenvalue weighted by molar-refractivity contribution is -0.407. The molecule has 3 aromatic carbocycles. The van der Waals surface area contributed by atoms with Crippen molar-refractivity contribution in [1.29, 1.82) is 0 Å². The highest BCUT2D eigenvalue weighted by Crippen LogP contribution is 2.30. The summed E-state index contributed by atoms with van der Waals surface area (Å²) in [6.07, 6.45) is 0. The summed E-state index contributed by atoms with van der Waals surface area (Å²) < 4.78 is 5.75. The maximum Gasteiger partial charge on any atom is 0.228 e. The number of carboxylic acid groups (broad SMARTS) is 1. The lowest BCUT2D eigenvalue weighted by Gasteiger charge is -2.06. The molecule has 0 fully saturated rings. The van der Waals surface area contributed by atoms with E-state index in [0.29, 0.717) is 17.2 Å². The molecule has 0 saturated carbocycles. The van der Waals surface area contributed by atoms with E-state index in [2.05, 4.69) is 24.6 Å².